The van der Waals surface area contributed by atoms with Crippen molar-refractivity contribution < 1.29 is 8.78 Å². The third kappa shape index (κ3) is 3.23. The van der Waals surface area contributed by atoms with Crippen LogP contribution in [0.2, 0.25) is 0 Å². The van der Waals surface area contributed by atoms with Crippen LogP contribution in [-0.2, 0) is 0 Å². The first-order valence-electron chi connectivity index (χ1n) is 6.75. The minimum absolute atomic E-state index is 0.00610. The van der Waals surface area contributed by atoms with Gasteiger partial charge in [-0.05, 0) is 30.4 Å². The molecular weight excluding hydrogens is 246 g/mol. The first kappa shape index (κ1) is 13.8. The van der Waals surface area contributed by atoms with E-state index in [1.807, 2.05) is 0 Å². The molecule has 1 aliphatic rings. The van der Waals surface area contributed by atoms with E-state index in [1.54, 1.807) is 6.07 Å². The lowest BCUT2D eigenvalue weighted by atomic mass is 9.80. The predicted octanol–water partition coefficient (Wildman–Crippen LogP) is 4.07. The van der Waals surface area contributed by atoms with Gasteiger partial charge in [0.15, 0.2) is 11.6 Å². The van der Waals surface area contributed by atoms with Gasteiger partial charge in [0, 0.05) is 6.54 Å². The minimum atomic E-state index is -0.694. The number of hydrogen-bond donors (Lipinski definition) is 1. The highest BCUT2D eigenvalue weighted by Crippen LogP contribution is 2.30. The molecule has 1 aromatic rings. The van der Waals surface area contributed by atoms with E-state index < -0.39 is 11.6 Å². The van der Waals surface area contributed by atoms with Crippen molar-refractivity contribution in [1.29, 1.82) is 5.26 Å². The standard InChI is InChI=1S/C15H18F2N2/c1-10-4-2-3-5-12(10)9-19-15-13(16)6-11(8-18)7-14(15)17/h6-7,10,12,19H,2-5,9H2,1H3. The number of nitrogens with zero attached hydrogens (tertiary/aromatic N) is 1. The Morgan fingerprint density at radius 1 is 1.26 bits per heavy atom. The van der Waals surface area contributed by atoms with Gasteiger partial charge in [-0.15, -0.1) is 0 Å². The lowest BCUT2D eigenvalue weighted by molar-refractivity contribution is 0.268. The van der Waals surface area contributed by atoms with E-state index in [4.69, 9.17) is 5.26 Å². The van der Waals surface area contributed by atoms with Crippen LogP contribution < -0.4 is 5.32 Å². The highest BCUT2D eigenvalue weighted by Gasteiger charge is 2.22. The summed E-state index contributed by atoms with van der Waals surface area (Å²) in [5.74, 6) is -0.339. The molecule has 1 aromatic carbocycles. The maximum atomic E-state index is 13.7. The second-order valence-corrected chi connectivity index (χ2v) is 5.33. The van der Waals surface area contributed by atoms with Crippen molar-refractivity contribution >= 4 is 5.69 Å². The molecule has 0 saturated heterocycles. The van der Waals surface area contributed by atoms with Crippen molar-refractivity contribution in [1.82, 2.24) is 0 Å². The van der Waals surface area contributed by atoms with E-state index in [0.29, 0.717) is 18.4 Å². The number of rotatable bonds is 3. The average molecular weight is 264 g/mol. The van der Waals surface area contributed by atoms with Gasteiger partial charge in [-0.1, -0.05) is 26.2 Å². The van der Waals surface area contributed by atoms with Crippen molar-refractivity contribution in [3.05, 3.63) is 29.3 Å². The van der Waals surface area contributed by atoms with Crippen molar-refractivity contribution in [2.45, 2.75) is 32.6 Å². The van der Waals surface area contributed by atoms with Crippen LogP contribution in [0.1, 0.15) is 38.2 Å². The maximum absolute atomic E-state index is 13.7. The molecule has 19 heavy (non-hydrogen) atoms. The summed E-state index contributed by atoms with van der Waals surface area (Å²) < 4.78 is 27.4. The zero-order valence-electron chi connectivity index (χ0n) is 11.0. The number of anilines is 1. The molecular formula is C15H18F2N2. The number of nitrogens with one attached hydrogen (secondary N) is 1. The summed E-state index contributed by atoms with van der Waals surface area (Å²) in [5.41, 5.74) is -0.108. The van der Waals surface area contributed by atoms with Gasteiger partial charge < -0.3 is 5.32 Å². The molecule has 0 amide bonds. The van der Waals surface area contributed by atoms with E-state index in [-0.39, 0.29) is 11.3 Å². The molecule has 0 aliphatic heterocycles. The van der Waals surface area contributed by atoms with Gasteiger partial charge in [-0.2, -0.15) is 5.26 Å². The number of benzene rings is 1. The minimum Gasteiger partial charge on any atom is -0.380 e. The summed E-state index contributed by atoms with van der Waals surface area (Å²) in [4.78, 5) is 0. The SMILES string of the molecule is CC1CCCCC1CNc1c(F)cc(C#N)cc1F. The number of hydrogen-bond acceptors (Lipinski definition) is 2. The molecule has 0 bridgehead atoms. The van der Waals surface area contributed by atoms with Crippen LogP contribution in [0.15, 0.2) is 12.1 Å². The van der Waals surface area contributed by atoms with Gasteiger partial charge in [0.2, 0.25) is 0 Å². The van der Waals surface area contributed by atoms with Gasteiger partial charge in [-0.25, -0.2) is 8.78 Å². The third-order valence-electron chi connectivity index (χ3n) is 4.00. The fraction of sp³-hybridized carbons (Fsp3) is 0.533. The molecule has 4 heteroatoms. The molecule has 2 unspecified atom stereocenters. The second-order valence-electron chi connectivity index (χ2n) is 5.33. The second kappa shape index (κ2) is 6.01. The molecule has 1 fully saturated rings. The van der Waals surface area contributed by atoms with Crippen molar-refractivity contribution in [2.24, 2.45) is 11.8 Å². The maximum Gasteiger partial charge on any atom is 0.150 e. The lowest BCUT2D eigenvalue weighted by Gasteiger charge is -2.29. The van der Waals surface area contributed by atoms with E-state index in [9.17, 15) is 8.78 Å². The lowest BCUT2D eigenvalue weighted by Crippen LogP contribution is -2.25. The van der Waals surface area contributed by atoms with E-state index >= 15 is 0 Å². The van der Waals surface area contributed by atoms with Crippen LogP contribution in [0.4, 0.5) is 14.5 Å². The average Bonchev–Trinajstić information content (AvgIpc) is 2.39. The molecule has 0 aromatic heterocycles. The first-order valence-corrected chi connectivity index (χ1v) is 6.75. The van der Waals surface area contributed by atoms with Gasteiger partial charge in [0.25, 0.3) is 0 Å². The monoisotopic (exact) mass is 264 g/mol. The Bertz CT molecular complexity index is 470. The van der Waals surface area contributed by atoms with Gasteiger partial charge >= 0.3 is 0 Å². The van der Waals surface area contributed by atoms with Gasteiger partial charge in [-0.3, -0.25) is 0 Å². The Morgan fingerprint density at radius 3 is 2.47 bits per heavy atom. The van der Waals surface area contributed by atoms with E-state index in [1.165, 1.54) is 19.3 Å². The molecule has 0 heterocycles. The summed E-state index contributed by atoms with van der Waals surface area (Å²) in [6, 6.07) is 3.87. The molecule has 1 saturated carbocycles. The summed E-state index contributed by atoms with van der Waals surface area (Å²) >= 11 is 0. The topological polar surface area (TPSA) is 35.8 Å². The Hall–Kier alpha value is -1.63. The normalized spacial score (nSPS) is 22.8. The Morgan fingerprint density at radius 2 is 1.89 bits per heavy atom. The molecule has 2 nitrogen and oxygen atoms in total. The predicted molar refractivity (Wildman–Crippen MR) is 70.7 cm³/mol. The van der Waals surface area contributed by atoms with E-state index in [0.717, 1.165) is 18.6 Å². The number of nitriles is 1. The van der Waals surface area contributed by atoms with E-state index in [2.05, 4.69) is 12.2 Å². The van der Waals surface area contributed by atoms with Crippen molar-refractivity contribution in [3.8, 4) is 6.07 Å². The smallest absolute Gasteiger partial charge is 0.150 e. The molecule has 0 spiro atoms. The van der Waals surface area contributed by atoms with Crippen LogP contribution in [0.25, 0.3) is 0 Å². The van der Waals surface area contributed by atoms with Crippen LogP contribution in [0.3, 0.4) is 0 Å². The highest BCUT2D eigenvalue weighted by molar-refractivity contribution is 5.50. The van der Waals surface area contributed by atoms with Gasteiger partial charge in [0.05, 0.1) is 11.6 Å². The molecule has 102 valence electrons. The number of halogens is 2. The Balaban J connectivity index is 2.05. The summed E-state index contributed by atoms with van der Waals surface area (Å²) in [6.07, 6.45) is 4.73. The molecule has 1 aliphatic carbocycles. The van der Waals surface area contributed by atoms with Crippen LogP contribution in [0.5, 0.6) is 0 Å². The fourth-order valence-corrected chi connectivity index (χ4v) is 2.74. The Kier molecular flexibility index (Phi) is 4.36. The molecule has 0 radical (unpaired) electrons. The molecule has 1 N–H and O–H groups in total. The summed E-state index contributed by atoms with van der Waals surface area (Å²) in [5, 5.41) is 11.5. The fourth-order valence-electron chi connectivity index (χ4n) is 2.74. The largest absolute Gasteiger partial charge is 0.380 e. The highest BCUT2D eigenvalue weighted by atomic mass is 19.1. The molecule has 2 atom stereocenters. The van der Waals surface area contributed by atoms with Crippen molar-refractivity contribution in [2.75, 3.05) is 11.9 Å². The zero-order valence-corrected chi connectivity index (χ0v) is 11.0. The summed E-state index contributed by atoms with van der Waals surface area (Å²) in [7, 11) is 0. The van der Waals surface area contributed by atoms with Crippen LogP contribution >= 0.6 is 0 Å². The van der Waals surface area contributed by atoms with Gasteiger partial charge in [0.1, 0.15) is 5.69 Å². The quantitative estimate of drug-likeness (QED) is 0.893. The summed E-state index contributed by atoms with van der Waals surface area (Å²) in [6.45, 7) is 2.78. The van der Waals surface area contributed by atoms with Crippen LogP contribution in [-0.4, -0.2) is 6.54 Å². The Labute approximate surface area is 112 Å². The van der Waals surface area contributed by atoms with Crippen LogP contribution in [0, 0.1) is 34.8 Å². The van der Waals surface area contributed by atoms with Crippen molar-refractivity contribution in [3.63, 3.8) is 0 Å². The zero-order chi connectivity index (χ0) is 13.8. The first-order chi connectivity index (χ1) is 9.11. The third-order valence-corrected chi connectivity index (χ3v) is 4.00. The molecule has 2 rings (SSSR count).